The SMILES string of the molecule is CCCCOC(=O)C(C)C(C(=O)O)=C(C(=O)O)C(C)C(=O)OCCCC. The van der Waals surface area contributed by atoms with Gasteiger partial charge in [0.25, 0.3) is 0 Å². The molecular weight excluding hydrogens is 344 g/mol. The molecule has 2 N–H and O–H groups in total. The largest absolute Gasteiger partial charge is 0.478 e. The molecule has 0 aromatic carbocycles. The van der Waals surface area contributed by atoms with Gasteiger partial charge in [-0.25, -0.2) is 9.59 Å². The third-order valence-corrected chi connectivity index (χ3v) is 3.81. The molecule has 0 saturated carbocycles. The molecule has 8 heteroatoms. The van der Waals surface area contributed by atoms with Gasteiger partial charge in [0.2, 0.25) is 0 Å². The first-order valence-electron chi connectivity index (χ1n) is 8.72. The molecule has 0 amide bonds. The smallest absolute Gasteiger partial charge is 0.333 e. The normalized spacial score (nSPS) is 14.0. The molecule has 0 heterocycles. The first-order chi connectivity index (χ1) is 12.2. The number of aliphatic carboxylic acids is 2. The Morgan fingerprint density at radius 1 is 0.731 bits per heavy atom. The summed E-state index contributed by atoms with van der Waals surface area (Å²) in [5.41, 5.74) is -1.34. The van der Waals surface area contributed by atoms with E-state index in [0.717, 1.165) is 12.8 Å². The fourth-order valence-electron chi connectivity index (χ4n) is 2.19. The van der Waals surface area contributed by atoms with Gasteiger partial charge in [0, 0.05) is 0 Å². The highest BCUT2D eigenvalue weighted by Gasteiger charge is 2.36. The van der Waals surface area contributed by atoms with E-state index in [1.165, 1.54) is 13.8 Å². The maximum absolute atomic E-state index is 12.1. The molecule has 0 spiro atoms. The van der Waals surface area contributed by atoms with Crippen molar-refractivity contribution in [2.24, 2.45) is 11.8 Å². The number of carbonyl (C=O) groups is 4. The van der Waals surface area contributed by atoms with Crippen molar-refractivity contribution in [3.05, 3.63) is 11.1 Å². The van der Waals surface area contributed by atoms with Gasteiger partial charge in [0.1, 0.15) is 0 Å². The number of carboxylic acids is 2. The minimum atomic E-state index is -1.59. The van der Waals surface area contributed by atoms with Crippen molar-refractivity contribution in [1.29, 1.82) is 0 Å². The van der Waals surface area contributed by atoms with Crippen molar-refractivity contribution in [3.8, 4) is 0 Å². The summed E-state index contributed by atoms with van der Waals surface area (Å²) in [6.07, 6.45) is 2.78. The van der Waals surface area contributed by atoms with Crippen LogP contribution in [-0.2, 0) is 28.7 Å². The lowest BCUT2D eigenvalue weighted by Crippen LogP contribution is -2.30. The average molecular weight is 372 g/mol. The third-order valence-electron chi connectivity index (χ3n) is 3.81. The molecule has 0 aliphatic rings. The molecule has 8 nitrogen and oxygen atoms in total. The van der Waals surface area contributed by atoms with Gasteiger partial charge >= 0.3 is 23.9 Å². The lowest BCUT2D eigenvalue weighted by atomic mass is 9.88. The fourth-order valence-corrected chi connectivity index (χ4v) is 2.19. The summed E-state index contributed by atoms with van der Waals surface area (Å²) in [5.74, 6) is -7.53. The molecule has 0 radical (unpaired) electrons. The predicted octanol–water partition coefficient (Wildman–Crippen LogP) is 2.41. The van der Waals surface area contributed by atoms with Crippen LogP contribution in [0.5, 0.6) is 0 Å². The number of carbonyl (C=O) groups excluding carboxylic acids is 2. The molecule has 26 heavy (non-hydrogen) atoms. The third kappa shape index (κ3) is 7.25. The highest BCUT2D eigenvalue weighted by Crippen LogP contribution is 2.25. The predicted molar refractivity (Wildman–Crippen MR) is 92.4 cm³/mol. The number of ether oxygens (including phenoxy) is 2. The van der Waals surface area contributed by atoms with E-state index in [9.17, 15) is 29.4 Å². The first-order valence-corrected chi connectivity index (χ1v) is 8.72. The van der Waals surface area contributed by atoms with Crippen LogP contribution in [0.15, 0.2) is 11.1 Å². The molecule has 0 fully saturated rings. The van der Waals surface area contributed by atoms with E-state index in [1.54, 1.807) is 0 Å². The van der Waals surface area contributed by atoms with Crippen LogP contribution in [0.1, 0.15) is 53.4 Å². The Kier molecular flexibility index (Phi) is 10.9. The van der Waals surface area contributed by atoms with E-state index < -0.39 is 46.9 Å². The van der Waals surface area contributed by atoms with E-state index in [4.69, 9.17) is 9.47 Å². The summed E-state index contributed by atoms with van der Waals surface area (Å²) < 4.78 is 9.96. The highest BCUT2D eigenvalue weighted by atomic mass is 16.5. The lowest BCUT2D eigenvalue weighted by molar-refractivity contribution is -0.151. The maximum Gasteiger partial charge on any atom is 0.333 e. The average Bonchev–Trinajstić information content (AvgIpc) is 2.57. The summed E-state index contributed by atoms with van der Waals surface area (Å²) in [4.78, 5) is 47.4. The lowest BCUT2D eigenvalue weighted by Gasteiger charge is -2.18. The van der Waals surface area contributed by atoms with E-state index in [2.05, 4.69) is 0 Å². The Morgan fingerprint density at radius 2 is 1.04 bits per heavy atom. The highest BCUT2D eigenvalue weighted by molar-refractivity contribution is 6.05. The van der Waals surface area contributed by atoms with Gasteiger partial charge in [-0.1, -0.05) is 26.7 Å². The van der Waals surface area contributed by atoms with Gasteiger partial charge in [-0.05, 0) is 26.7 Å². The zero-order valence-electron chi connectivity index (χ0n) is 15.7. The van der Waals surface area contributed by atoms with Crippen molar-refractivity contribution in [3.63, 3.8) is 0 Å². The van der Waals surface area contributed by atoms with E-state index in [-0.39, 0.29) is 13.2 Å². The molecule has 0 aromatic rings. The number of carboxylic acid groups (broad SMARTS) is 2. The van der Waals surface area contributed by atoms with Gasteiger partial charge in [-0.15, -0.1) is 0 Å². The van der Waals surface area contributed by atoms with Gasteiger partial charge in [0.15, 0.2) is 0 Å². The van der Waals surface area contributed by atoms with Crippen LogP contribution in [0.25, 0.3) is 0 Å². The number of unbranched alkanes of at least 4 members (excludes halogenated alkanes) is 2. The van der Waals surface area contributed by atoms with E-state index >= 15 is 0 Å². The second-order valence-corrected chi connectivity index (χ2v) is 5.92. The maximum atomic E-state index is 12.1. The molecule has 148 valence electrons. The van der Waals surface area contributed by atoms with Crippen LogP contribution in [0.4, 0.5) is 0 Å². The Labute approximate surface area is 153 Å². The molecule has 0 bridgehead atoms. The van der Waals surface area contributed by atoms with Crippen molar-refractivity contribution < 1.29 is 38.9 Å². The van der Waals surface area contributed by atoms with Gasteiger partial charge in [0.05, 0.1) is 36.2 Å². The van der Waals surface area contributed by atoms with Crippen molar-refractivity contribution in [1.82, 2.24) is 0 Å². The number of hydrogen-bond acceptors (Lipinski definition) is 6. The van der Waals surface area contributed by atoms with Gasteiger partial charge in [-0.2, -0.15) is 0 Å². The fraction of sp³-hybridized carbons (Fsp3) is 0.667. The molecular formula is C18H28O8. The second-order valence-electron chi connectivity index (χ2n) is 5.92. The summed E-state index contributed by atoms with van der Waals surface area (Å²) in [6.45, 7) is 6.52. The monoisotopic (exact) mass is 372 g/mol. The minimum Gasteiger partial charge on any atom is -0.478 e. The van der Waals surface area contributed by atoms with Crippen molar-refractivity contribution >= 4 is 23.9 Å². The van der Waals surface area contributed by atoms with Gasteiger partial charge in [-0.3, -0.25) is 9.59 Å². The van der Waals surface area contributed by atoms with Crippen LogP contribution < -0.4 is 0 Å². The number of hydrogen-bond donors (Lipinski definition) is 2. The topological polar surface area (TPSA) is 127 Å². The zero-order valence-corrected chi connectivity index (χ0v) is 15.7. The first kappa shape index (κ1) is 23.6. The molecule has 0 aromatic heterocycles. The molecule has 0 rings (SSSR count). The molecule has 2 unspecified atom stereocenters. The molecule has 0 saturated heterocycles. The quantitative estimate of drug-likeness (QED) is 0.304. The standard InChI is InChI=1S/C18H28O8/c1-5-7-9-25-17(23)11(3)13(15(19)20)14(16(21)22)12(4)18(24)26-10-8-6-2/h11-12H,5-10H2,1-4H3,(H,19,20)(H,21,22). The Hall–Kier alpha value is -2.38. The Bertz CT molecular complexity index is 501. The Balaban J connectivity index is 5.65. The number of esters is 2. The summed E-state index contributed by atoms with van der Waals surface area (Å²) in [5, 5.41) is 18.9. The van der Waals surface area contributed by atoms with Crippen LogP contribution in [0.3, 0.4) is 0 Å². The van der Waals surface area contributed by atoms with Gasteiger partial charge < -0.3 is 19.7 Å². The second kappa shape index (κ2) is 12.1. The summed E-state index contributed by atoms with van der Waals surface area (Å²) in [6, 6.07) is 0. The molecule has 2 atom stereocenters. The van der Waals surface area contributed by atoms with Crippen LogP contribution >= 0.6 is 0 Å². The van der Waals surface area contributed by atoms with E-state index in [0.29, 0.717) is 12.8 Å². The van der Waals surface area contributed by atoms with Crippen LogP contribution in [0.2, 0.25) is 0 Å². The zero-order chi connectivity index (χ0) is 20.3. The van der Waals surface area contributed by atoms with Crippen molar-refractivity contribution in [2.45, 2.75) is 53.4 Å². The molecule has 0 aliphatic heterocycles. The minimum absolute atomic E-state index is 0.115. The van der Waals surface area contributed by atoms with E-state index in [1.807, 2.05) is 13.8 Å². The van der Waals surface area contributed by atoms with Crippen LogP contribution in [0, 0.1) is 11.8 Å². The molecule has 0 aliphatic carbocycles. The van der Waals surface area contributed by atoms with Crippen molar-refractivity contribution in [2.75, 3.05) is 13.2 Å². The Morgan fingerprint density at radius 3 is 1.27 bits per heavy atom. The summed E-state index contributed by atoms with van der Waals surface area (Å²) >= 11 is 0. The van der Waals surface area contributed by atoms with Crippen LogP contribution in [-0.4, -0.2) is 47.3 Å². The number of rotatable bonds is 12. The summed E-state index contributed by atoms with van der Waals surface area (Å²) in [7, 11) is 0.